The van der Waals surface area contributed by atoms with Crippen molar-refractivity contribution in [3.05, 3.63) is 88.1 Å². The summed E-state index contributed by atoms with van der Waals surface area (Å²) in [6, 6.07) is 15.1. The van der Waals surface area contributed by atoms with E-state index >= 15 is 0 Å². The van der Waals surface area contributed by atoms with Crippen molar-refractivity contribution in [2.24, 2.45) is 0 Å². The number of nitrogens with zero attached hydrogens (tertiary/aromatic N) is 4. The summed E-state index contributed by atoms with van der Waals surface area (Å²) in [5.41, 5.74) is 2.16. The minimum atomic E-state index is -0.590. The van der Waals surface area contributed by atoms with E-state index < -0.39 is 5.41 Å². The largest absolute Gasteiger partial charge is 0.491 e. The number of rotatable bonds is 7. The van der Waals surface area contributed by atoms with E-state index in [0.29, 0.717) is 34.3 Å². The van der Waals surface area contributed by atoms with Gasteiger partial charge in [0.05, 0.1) is 31.0 Å². The van der Waals surface area contributed by atoms with Crippen LogP contribution in [-0.4, -0.2) is 21.5 Å². The van der Waals surface area contributed by atoms with Crippen molar-refractivity contribution in [2.45, 2.75) is 32.8 Å². The molecule has 0 saturated carbocycles. The molecule has 1 aromatic carbocycles. The number of aromatic nitrogens is 3. The van der Waals surface area contributed by atoms with Gasteiger partial charge in [-0.3, -0.25) is 9.20 Å². The van der Waals surface area contributed by atoms with Crippen LogP contribution >= 0.6 is 0 Å². The molecule has 4 rings (SSSR count). The van der Waals surface area contributed by atoms with Crippen LogP contribution in [0.2, 0.25) is 0 Å². The maximum Gasteiger partial charge on any atom is 0.260 e. The van der Waals surface area contributed by atoms with Gasteiger partial charge in [0.25, 0.3) is 11.4 Å². The SMILES string of the molecule is COc1cc(Oc2ccc3ncc(C)c(=O)n3c2)cnc1OCc1cccc(C(C)(C)C#N)c1. The highest BCUT2D eigenvalue weighted by Gasteiger charge is 2.20. The van der Waals surface area contributed by atoms with E-state index in [1.54, 1.807) is 37.5 Å². The average Bonchev–Trinajstić information content (AvgIpc) is 2.86. The summed E-state index contributed by atoms with van der Waals surface area (Å²) in [6.07, 6.45) is 4.66. The molecule has 0 bridgehead atoms. The van der Waals surface area contributed by atoms with Gasteiger partial charge >= 0.3 is 0 Å². The molecule has 0 unspecified atom stereocenters. The van der Waals surface area contributed by atoms with Crippen LogP contribution in [0.15, 0.2) is 65.8 Å². The lowest BCUT2D eigenvalue weighted by molar-refractivity contribution is 0.271. The number of hydrogen-bond acceptors (Lipinski definition) is 7. The molecule has 0 spiro atoms. The van der Waals surface area contributed by atoms with Gasteiger partial charge in [0, 0.05) is 17.8 Å². The van der Waals surface area contributed by atoms with Crippen molar-refractivity contribution >= 4 is 5.65 Å². The molecule has 0 atom stereocenters. The zero-order chi connectivity index (χ0) is 24.3. The smallest absolute Gasteiger partial charge is 0.260 e. The average molecular weight is 457 g/mol. The fourth-order valence-electron chi connectivity index (χ4n) is 3.34. The number of methoxy groups -OCH3 is 1. The second kappa shape index (κ2) is 9.24. The Morgan fingerprint density at radius 1 is 1.09 bits per heavy atom. The maximum absolute atomic E-state index is 12.4. The fraction of sp³-hybridized carbons (Fsp3) is 0.231. The van der Waals surface area contributed by atoms with Gasteiger partial charge in [-0.25, -0.2) is 9.97 Å². The molecule has 8 heteroatoms. The van der Waals surface area contributed by atoms with Crippen LogP contribution in [-0.2, 0) is 12.0 Å². The molecule has 0 aliphatic carbocycles. The van der Waals surface area contributed by atoms with Crippen LogP contribution in [0.25, 0.3) is 5.65 Å². The minimum Gasteiger partial charge on any atom is -0.491 e. The molecule has 0 aliphatic heterocycles. The lowest BCUT2D eigenvalue weighted by atomic mass is 9.86. The molecule has 0 saturated heterocycles. The summed E-state index contributed by atoms with van der Waals surface area (Å²) < 4.78 is 18.6. The summed E-state index contributed by atoms with van der Waals surface area (Å²) >= 11 is 0. The van der Waals surface area contributed by atoms with E-state index in [9.17, 15) is 10.1 Å². The highest BCUT2D eigenvalue weighted by atomic mass is 16.5. The molecule has 172 valence electrons. The van der Waals surface area contributed by atoms with Gasteiger partial charge in [-0.1, -0.05) is 24.3 Å². The molecule has 0 amide bonds. The van der Waals surface area contributed by atoms with Gasteiger partial charge in [-0.15, -0.1) is 0 Å². The van der Waals surface area contributed by atoms with E-state index in [4.69, 9.17) is 14.2 Å². The molecule has 4 aromatic rings. The Kier molecular flexibility index (Phi) is 6.19. The first-order valence-corrected chi connectivity index (χ1v) is 10.6. The van der Waals surface area contributed by atoms with Crippen molar-refractivity contribution in [1.82, 2.24) is 14.4 Å². The third-order valence-electron chi connectivity index (χ3n) is 5.40. The first-order valence-electron chi connectivity index (χ1n) is 10.6. The predicted molar refractivity (Wildman–Crippen MR) is 126 cm³/mol. The number of benzene rings is 1. The monoisotopic (exact) mass is 456 g/mol. The second-order valence-corrected chi connectivity index (χ2v) is 8.35. The van der Waals surface area contributed by atoms with Gasteiger partial charge in [0.1, 0.15) is 23.8 Å². The van der Waals surface area contributed by atoms with Crippen LogP contribution in [0.1, 0.15) is 30.5 Å². The molecular formula is C26H24N4O4. The molecule has 3 heterocycles. The first kappa shape index (κ1) is 22.8. The Balaban J connectivity index is 1.52. The summed E-state index contributed by atoms with van der Waals surface area (Å²) in [7, 11) is 1.52. The van der Waals surface area contributed by atoms with E-state index in [-0.39, 0.29) is 12.2 Å². The Morgan fingerprint density at radius 3 is 2.68 bits per heavy atom. The number of aryl methyl sites for hydroxylation is 1. The Bertz CT molecular complexity index is 1450. The Hall–Kier alpha value is -4.38. The predicted octanol–water partition coefficient (Wildman–Crippen LogP) is 4.58. The van der Waals surface area contributed by atoms with E-state index in [0.717, 1.165) is 11.1 Å². The lowest BCUT2D eigenvalue weighted by Gasteiger charge is -2.17. The van der Waals surface area contributed by atoms with Crippen LogP contribution in [0.4, 0.5) is 0 Å². The van der Waals surface area contributed by atoms with E-state index in [2.05, 4.69) is 16.0 Å². The third kappa shape index (κ3) is 4.69. The summed E-state index contributed by atoms with van der Waals surface area (Å²) in [6.45, 7) is 5.72. The summed E-state index contributed by atoms with van der Waals surface area (Å²) in [5, 5.41) is 9.38. The van der Waals surface area contributed by atoms with Gasteiger partial charge in [0.2, 0.25) is 0 Å². The summed E-state index contributed by atoms with van der Waals surface area (Å²) in [4.78, 5) is 20.9. The Labute approximate surface area is 197 Å². The fourth-order valence-corrected chi connectivity index (χ4v) is 3.34. The third-order valence-corrected chi connectivity index (χ3v) is 5.40. The standard InChI is InChI=1S/C26H24N4O4/c1-17-12-28-23-9-8-20(14-30(23)25(17)31)34-21-11-22(32-4)24(29-13-21)33-15-18-6-5-7-19(10-18)26(2,3)16-27/h5-14H,15H2,1-4H3. The van der Waals surface area contributed by atoms with Crippen LogP contribution < -0.4 is 19.8 Å². The van der Waals surface area contributed by atoms with E-state index in [1.807, 2.05) is 38.1 Å². The molecular weight excluding hydrogens is 432 g/mol. The van der Waals surface area contributed by atoms with E-state index in [1.165, 1.54) is 17.7 Å². The minimum absolute atomic E-state index is 0.155. The quantitative estimate of drug-likeness (QED) is 0.401. The van der Waals surface area contributed by atoms with Crippen LogP contribution in [0.5, 0.6) is 23.1 Å². The van der Waals surface area contributed by atoms with Gasteiger partial charge in [-0.2, -0.15) is 5.26 Å². The molecule has 3 aromatic heterocycles. The van der Waals surface area contributed by atoms with Crippen molar-refractivity contribution in [2.75, 3.05) is 7.11 Å². The normalized spacial score (nSPS) is 11.1. The van der Waals surface area contributed by atoms with Crippen molar-refractivity contribution in [1.29, 1.82) is 5.26 Å². The van der Waals surface area contributed by atoms with Gasteiger partial charge in [-0.05, 0) is 44.0 Å². The second-order valence-electron chi connectivity index (χ2n) is 8.35. The number of hydrogen-bond donors (Lipinski definition) is 0. The zero-order valence-electron chi connectivity index (χ0n) is 19.4. The lowest BCUT2D eigenvalue weighted by Crippen LogP contribution is -2.16. The molecule has 0 fully saturated rings. The summed E-state index contributed by atoms with van der Waals surface area (Å²) in [5.74, 6) is 1.60. The maximum atomic E-state index is 12.4. The highest BCUT2D eigenvalue weighted by Crippen LogP contribution is 2.32. The topological polar surface area (TPSA) is 98.7 Å². The van der Waals surface area contributed by atoms with Gasteiger partial charge < -0.3 is 14.2 Å². The molecule has 0 aliphatic rings. The van der Waals surface area contributed by atoms with Crippen molar-refractivity contribution in [3.8, 4) is 29.2 Å². The molecule has 8 nitrogen and oxygen atoms in total. The number of nitriles is 1. The van der Waals surface area contributed by atoms with Crippen LogP contribution in [0, 0.1) is 18.3 Å². The number of pyridine rings is 2. The molecule has 34 heavy (non-hydrogen) atoms. The molecule has 0 radical (unpaired) electrons. The van der Waals surface area contributed by atoms with Crippen molar-refractivity contribution in [3.63, 3.8) is 0 Å². The van der Waals surface area contributed by atoms with Crippen molar-refractivity contribution < 1.29 is 14.2 Å². The van der Waals surface area contributed by atoms with Crippen LogP contribution in [0.3, 0.4) is 0 Å². The Morgan fingerprint density at radius 2 is 1.91 bits per heavy atom. The first-order chi connectivity index (χ1) is 16.3. The molecule has 0 N–H and O–H groups in total. The highest BCUT2D eigenvalue weighted by molar-refractivity contribution is 5.45. The zero-order valence-corrected chi connectivity index (χ0v) is 19.4. The van der Waals surface area contributed by atoms with Gasteiger partial charge in [0.15, 0.2) is 5.75 Å². The number of fused-ring (bicyclic) bond motifs is 1. The number of ether oxygens (including phenoxy) is 3.